The second-order valence-corrected chi connectivity index (χ2v) is 11.5. The number of carbonyl (C=O) groups excluding carboxylic acids is 3. The van der Waals surface area contributed by atoms with Crippen LogP contribution in [-0.2, 0) is 11.2 Å². The molecule has 1 unspecified atom stereocenters. The molecule has 0 saturated carbocycles. The SMILES string of the molecule is CCCCCCCOc1ccc(C(=O)Oc2ccc(CC(NC(=O)c3cccc(NC(=O)c4cccc(OC)c4)c3)C(=O)O)cc2OC)cc1. The van der Waals surface area contributed by atoms with Gasteiger partial charge in [-0.05, 0) is 84.8 Å². The normalized spacial score (nSPS) is 11.2. The summed E-state index contributed by atoms with van der Waals surface area (Å²) in [5.74, 6) is -1.34. The molecule has 0 aliphatic rings. The molecule has 11 heteroatoms. The van der Waals surface area contributed by atoms with Gasteiger partial charge in [-0.25, -0.2) is 9.59 Å². The van der Waals surface area contributed by atoms with Gasteiger partial charge in [0.2, 0.25) is 0 Å². The van der Waals surface area contributed by atoms with Crippen LogP contribution in [-0.4, -0.2) is 55.7 Å². The van der Waals surface area contributed by atoms with Crippen molar-refractivity contribution in [2.45, 2.75) is 51.5 Å². The van der Waals surface area contributed by atoms with E-state index in [9.17, 15) is 24.3 Å². The van der Waals surface area contributed by atoms with Crippen molar-refractivity contribution in [3.8, 4) is 23.0 Å². The van der Waals surface area contributed by atoms with Crippen molar-refractivity contribution in [1.82, 2.24) is 5.32 Å². The topological polar surface area (TPSA) is 149 Å². The number of unbranched alkanes of at least 4 members (excludes halogenated alkanes) is 4. The van der Waals surface area contributed by atoms with Gasteiger partial charge < -0.3 is 34.7 Å². The van der Waals surface area contributed by atoms with E-state index in [1.54, 1.807) is 72.8 Å². The maximum absolute atomic E-state index is 13.1. The van der Waals surface area contributed by atoms with Crippen LogP contribution in [0.25, 0.3) is 0 Å². The molecule has 0 aliphatic carbocycles. The van der Waals surface area contributed by atoms with E-state index in [4.69, 9.17) is 18.9 Å². The van der Waals surface area contributed by atoms with E-state index < -0.39 is 29.8 Å². The fourth-order valence-electron chi connectivity index (χ4n) is 5.05. The molecule has 2 amide bonds. The molecule has 4 aromatic rings. The number of benzene rings is 4. The molecule has 11 nitrogen and oxygen atoms in total. The Balaban J connectivity index is 1.35. The van der Waals surface area contributed by atoms with E-state index >= 15 is 0 Å². The molecule has 0 aromatic heterocycles. The number of nitrogens with one attached hydrogen (secondary N) is 2. The zero-order valence-electron chi connectivity index (χ0n) is 28.4. The molecule has 0 bridgehead atoms. The predicted molar refractivity (Wildman–Crippen MR) is 189 cm³/mol. The Kier molecular flexibility index (Phi) is 13.8. The van der Waals surface area contributed by atoms with E-state index in [2.05, 4.69) is 17.6 Å². The van der Waals surface area contributed by atoms with Gasteiger partial charge >= 0.3 is 11.9 Å². The maximum atomic E-state index is 13.1. The Morgan fingerprint density at radius 2 is 1.42 bits per heavy atom. The Hall–Kier alpha value is -5.84. The number of aliphatic carboxylic acids is 1. The Morgan fingerprint density at radius 1 is 0.700 bits per heavy atom. The van der Waals surface area contributed by atoms with Gasteiger partial charge in [0.1, 0.15) is 17.5 Å². The number of anilines is 1. The number of hydrogen-bond acceptors (Lipinski definition) is 8. The first-order valence-electron chi connectivity index (χ1n) is 16.4. The molecular formula is C39H42N2O9. The van der Waals surface area contributed by atoms with E-state index in [0.717, 1.165) is 12.8 Å². The van der Waals surface area contributed by atoms with E-state index in [0.29, 0.717) is 40.5 Å². The lowest BCUT2D eigenvalue weighted by Gasteiger charge is -2.17. The first-order valence-corrected chi connectivity index (χ1v) is 16.4. The number of esters is 1. The van der Waals surface area contributed by atoms with Gasteiger partial charge in [0.05, 0.1) is 26.4 Å². The van der Waals surface area contributed by atoms with Crippen molar-refractivity contribution in [2.24, 2.45) is 0 Å². The number of carboxylic acids is 1. The summed E-state index contributed by atoms with van der Waals surface area (Å²) in [6.45, 7) is 2.79. The van der Waals surface area contributed by atoms with Gasteiger partial charge in [-0.2, -0.15) is 0 Å². The number of rotatable bonds is 18. The fourth-order valence-corrected chi connectivity index (χ4v) is 5.05. The number of hydrogen-bond donors (Lipinski definition) is 3. The van der Waals surface area contributed by atoms with Crippen molar-refractivity contribution in [2.75, 3.05) is 26.1 Å². The van der Waals surface area contributed by atoms with Crippen LogP contribution in [0.5, 0.6) is 23.0 Å². The summed E-state index contributed by atoms with van der Waals surface area (Å²) in [5.41, 5.74) is 1.71. The third-order valence-electron chi connectivity index (χ3n) is 7.80. The minimum absolute atomic E-state index is 0.0853. The monoisotopic (exact) mass is 682 g/mol. The molecule has 50 heavy (non-hydrogen) atoms. The first-order chi connectivity index (χ1) is 24.2. The summed E-state index contributed by atoms with van der Waals surface area (Å²) in [6.07, 6.45) is 5.61. The summed E-state index contributed by atoms with van der Waals surface area (Å²) in [7, 11) is 2.90. The molecule has 0 radical (unpaired) electrons. The van der Waals surface area contributed by atoms with Crippen molar-refractivity contribution in [3.63, 3.8) is 0 Å². The Bertz CT molecular complexity index is 1770. The molecule has 0 heterocycles. The highest BCUT2D eigenvalue weighted by Gasteiger charge is 2.23. The number of amides is 2. The van der Waals surface area contributed by atoms with Gasteiger partial charge in [0.25, 0.3) is 11.8 Å². The van der Waals surface area contributed by atoms with Crippen LogP contribution in [0.4, 0.5) is 5.69 Å². The van der Waals surface area contributed by atoms with Gasteiger partial charge in [-0.3, -0.25) is 9.59 Å². The van der Waals surface area contributed by atoms with E-state index in [1.807, 2.05) is 0 Å². The van der Waals surface area contributed by atoms with Crippen molar-refractivity contribution < 1.29 is 43.2 Å². The quantitative estimate of drug-likeness (QED) is 0.0576. The van der Waals surface area contributed by atoms with Gasteiger partial charge in [-0.1, -0.05) is 50.8 Å². The summed E-state index contributed by atoms with van der Waals surface area (Å²) < 4.78 is 21.9. The van der Waals surface area contributed by atoms with Crippen LogP contribution in [0.3, 0.4) is 0 Å². The highest BCUT2D eigenvalue weighted by atomic mass is 16.6. The van der Waals surface area contributed by atoms with Crippen LogP contribution < -0.4 is 29.6 Å². The third kappa shape index (κ3) is 10.8. The zero-order valence-corrected chi connectivity index (χ0v) is 28.4. The predicted octanol–water partition coefficient (Wildman–Crippen LogP) is 6.95. The number of ether oxygens (including phenoxy) is 4. The second-order valence-electron chi connectivity index (χ2n) is 11.5. The van der Waals surface area contributed by atoms with E-state index in [1.165, 1.54) is 51.7 Å². The average molecular weight is 683 g/mol. The van der Waals surface area contributed by atoms with Crippen LogP contribution >= 0.6 is 0 Å². The summed E-state index contributed by atoms with van der Waals surface area (Å²) >= 11 is 0. The molecule has 4 rings (SSSR count). The van der Waals surface area contributed by atoms with Crippen LogP contribution in [0, 0.1) is 0 Å². The zero-order chi connectivity index (χ0) is 35.9. The molecule has 262 valence electrons. The number of methoxy groups -OCH3 is 2. The largest absolute Gasteiger partial charge is 0.497 e. The van der Waals surface area contributed by atoms with Crippen molar-refractivity contribution in [1.29, 1.82) is 0 Å². The summed E-state index contributed by atoms with van der Waals surface area (Å²) in [5, 5.41) is 15.2. The number of carbonyl (C=O) groups is 4. The standard InChI is InChI=1S/C39H42N2O9/c1-4-5-6-7-8-21-49-31-18-16-27(17-19-31)39(46)50-34-20-15-26(23-35(34)48-3)22-33(38(44)45)41-37(43)28-11-9-13-30(24-28)40-36(42)29-12-10-14-32(25-29)47-2/h9-20,23-25,33H,4-8,21-22H2,1-3H3,(H,40,42)(H,41,43)(H,44,45). The van der Waals surface area contributed by atoms with Gasteiger partial charge in [-0.15, -0.1) is 0 Å². The van der Waals surface area contributed by atoms with E-state index in [-0.39, 0.29) is 23.5 Å². The van der Waals surface area contributed by atoms with Gasteiger partial charge in [0, 0.05) is 23.2 Å². The highest BCUT2D eigenvalue weighted by molar-refractivity contribution is 6.05. The van der Waals surface area contributed by atoms with Crippen LogP contribution in [0.1, 0.15) is 75.7 Å². The average Bonchev–Trinajstić information content (AvgIpc) is 3.13. The minimum atomic E-state index is -1.30. The first kappa shape index (κ1) is 37.0. The van der Waals surface area contributed by atoms with Crippen LogP contribution in [0.2, 0.25) is 0 Å². The molecule has 3 N–H and O–H groups in total. The highest BCUT2D eigenvalue weighted by Crippen LogP contribution is 2.30. The lowest BCUT2D eigenvalue weighted by molar-refractivity contribution is -0.139. The lowest BCUT2D eigenvalue weighted by atomic mass is 10.0. The molecule has 0 spiro atoms. The molecule has 0 fully saturated rings. The molecular weight excluding hydrogens is 640 g/mol. The summed E-state index contributed by atoms with van der Waals surface area (Å²) in [4.78, 5) is 50.9. The summed E-state index contributed by atoms with van der Waals surface area (Å²) in [6, 6.07) is 22.8. The maximum Gasteiger partial charge on any atom is 0.343 e. The smallest absolute Gasteiger partial charge is 0.343 e. The molecule has 0 saturated heterocycles. The van der Waals surface area contributed by atoms with Gasteiger partial charge in [0.15, 0.2) is 11.5 Å². The third-order valence-corrected chi connectivity index (χ3v) is 7.80. The minimum Gasteiger partial charge on any atom is -0.497 e. The number of carboxylic acid groups (broad SMARTS) is 1. The lowest BCUT2D eigenvalue weighted by Crippen LogP contribution is -2.42. The van der Waals surface area contributed by atoms with Crippen molar-refractivity contribution in [3.05, 3.63) is 113 Å². The molecule has 4 aromatic carbocycles. The second kappa shape index (κ2) is 18.6. The molecule has 0 aliphatic heterocycles. The fraction of sp³-hybridized carbons (Fsp3) is 0.282. The molecule has 1 atom stereocenters. The van der Waals surface area contributed by atoms with Crippen LogP contribution in [0.15, 0.2) is 91.0 Å². The Morgan fingerprint density at radius 3 is 2.12 bits per heavy atom. The Labute approximate surface area is 291 Å². The van der Waals surface area contributed by atoms with Crippen molar-refractivity contribution >= 4 is 29.4 Å².